The van der Waals surface area contributed by atoms with Gasteiger partial charge in [0, 0.05) is 23.7 Å². The molecule has 0 fully saturated rings. The Balaban J connectivity index is 0.00000256. The van der Waals surface area contributed by atoms with E-state index in [9.17, 15) is 0 Å². The SMILES string of the molecule is COc1ccc(NC(N)=NCC(c2ccccc2)N2CCc3sccc3C2)cc1.I. The van der Waals surface area contributed by atoms with Gasteiger partial charge in [0.15, 0.2) is 5.96 Å². The largest absolute Gasteiger partial charge is 0.497 e. The number of ether oxygens (including phenoxy) is 1. The summed E-state index contributed by atoms with van der Waals surface area (Å²) >= 11 is 1.86. The highest BCUT2D eigenvalue weighted by molar-refractivity contribution is 14.0. The molecule has 1 aliphatic rings. The van der Waals surface area contributed by atoms with Crippen LogP contribution in [0.2, 0.25) is 0 Å². The van der Waals surface area contributed by atoms with Gasteiger partial charge >= 0.3 is 0 Å². The van der Waals surface area contributed by atoms with E-state index < -0.39 is 0 Å². The van der Waals surface area contributed by atoms with Gasteiger partial charge in [-0.05, 0) is 53.3 Å². The number of anilines is 1. The second kappa shape index (κ2) is 10.8. The molecular formula is C23H27IN4OS. The molecule has 0 saturated heterocycles. The van der Waals surface area contributed by atoms with Gasteiger partial charge in [-0.2, -0.15) is 0 Å². The highest BCUT2D eigenvalue weighted by Gasteiger charge is 2.25. The fourth-order valence-electron chi connectivity index (χ4n) is 3.69. The van der Waals surface area contributed by atoms with Crippen molar-refractivity contribution in [2.75, 3.05) is 25.5 Å². The van der Waals surface area contributed by atoms with Crippen molar-refractivity contribution in [1.29, 1.82) is 0 Å². The molecule has 2 heterocycles. The highest BCUT2D eigenvalue weighted by Crippen LogP contribution is 2.30. The summed E-state index contributed by atoms with van der Waals surface area (Å²) in [6, 6.07) is 20.7. The summed E-state index contributed by atoms with van der Waals surface area (Å²) in [7, 11) is 1.65. The van der Waals surface area contributed by atoms with Crippen LogP contribution < -0.4 is 15.8 Å². The van der Waals surface area contributed by atoms with Gasteiger partial charge < -0.3 is 15.8 Å². The minimum Gasteiger partial charge on any atom is -0.497 e. The quantitative estimate of drug-likeness (QED) is 0.268. The van der Waals surface area contributed by atoms with Gasteiger partial charge in [0.25, 0.3) is 0 Å². The summed E-state index contributed by atoms with van der Waals surface area (Å²) in [6.07, 6.45) is 1.10. The molecule has 1 unspecified atom stereocenters. The Morgan fingerprint density at radius 1 is 1.17 bits per heavy atom. The number of nitrogens with one attached hydrogen (secondary N) is 1. The monoisotopic (exact) mass is 534 g/mol. The summed E-state index contributed by atoms with van der Waals surface area (Å²) in [5.74, 6) is 1.23. The van der Waals surface area contributed by atoms with E-state index in [1.807, 2.05) is 35.6 Å². The number of hydrogen-bond acceptors (Lipinski definition) is 4. The highest BCUT2D eigenvalue weighted by atomic mass is 127. The lowest BCUT2D eigenvalue weighted by atomic mass is 10.0. The van der Waals surface area contributed by atoms with Crippen molar-refractivity contribution >= 4 is 47.0 Å². The van der Waals surface area contributed by atoms with E-state index in [0.29, 0.717) is 12.5 Å². The van der Waals surface area contributed by atoms with Crippen molar-refractivity contribution in [2.24, 2.45) is 10.7 Å². The van der Waals surface area contributed by atoms with Crippen LogP contribution in [0, 0.1) is 0 Å². The number of guanidine groups is 1. The zero-order valence-electron chi connectivity index (χ0n) is 17.0. The lowest BCUT2D eigenvalue weighted by Gasteiger charge is -2.34. The van der Waals surface area contributed by atoms with Crippen LogP contribution in [0.3, 0.4) is 0 Å². The number of fused-ring (bicyclic) bond motifs is 1. The number of benzene rings is 2. The number of methoxy groups -OCH3 is 1. The standard InChI is InChI=1S/C23H26N4OS.HI/c1-28-20-9-7-19(8-10-20)26-23(24)25-15-21(17-5-3-2-4-6-17)27-13-11-22-18(16-27)12-14-29-22;/h2-10,12,14,21H,11,13,15-16H2,1H3,(H3,24,25,26);1H. The fraction of sp³-hybridized carbons (Fsp3) is 0.261. The van der Waals surface area contributed by atoms with Gasteiger partial charge in [-0.1, -0.05) is 30.3 Å². The van der Waals surface area contributed by atoms with Crippen molar-refractivity contribution in [3.8, 4) is 5.75 Å². The maximum absolute atomic E-state index is 6.18. The first-order chi connectivity index (χ1) is 14.2. The van der Waals surface area contributed by atoms with Crippen LogP contribution in [0.5, 0.6) is 5.75 Å². The third-order valence-corrected chi connectivity index (χ3v) is 6.28. The molecule has 30 heavy (non-hydrogen) atoms. The lowest BCUT2D eigenvalue weighted by molar-refractivity contribution is 0.185. The molecular weight excluding hydrogens is 507 g/mol. The molecule has 7 heteroatoms. The molecule has 0 aliphatic carbocycles. The molecule has 0 spiro atoms. The summed E-state index contributed by atoms with van der Waals surface area (Å²) < 4.78 is 5.19. The normalized spacial score (nSPS) is 15.0. The molecule has 0 radical (unpaired) electrons. The topological polar surface area (TPSA) is 62.9 Å². The fourth-order valence-corrected chi connectivity index (χ4v) is 4.58. The second-order valence-electron chi connectivity index (χ2n) is 7.10. The van der Waals surface area contributed by atoms with Gasteiger partial charge in [-0.3, -0.25) is 9.89 Å². The maximum Gasteiger partial charge on any atom is 0.193 e. The van der Waals surface area contributed by atoms with E-state index in [1.54, 1.807) is 7.11 Å². The van der Waals surface area contributed by atoms with Gasteiger partial charge in [0.1, 0.15) is 5.75 Å². The van der Waals surface area contributed by atoms with Crippen molar-refractivity contribution in [1.82, 2.24) is 4.90 Å². The minimum absolute atomic E-state index is 0. The maximum atomic E-state index is 6.18. The van der Waals surface area contributed by atoms with Crippen LogP contribution in [0.4, 0.5) is 5.69 Å². The molecule has 0 saturated carbocycles. The molecule has 5 nitrogen and oxygen atoms in total. The number of aliphatic imine (C=N–C) groups is 1. The van der Waals surface area contributed by atoms with Gasteiger partial charge in [0.05, 0.1) is 19.7 Å². The molecule has 2 aromatic carbocycles. The van der Waals surface area contributed by atoms with E-state index in [1.165, 1.54) is 16.0 Å². The Kier molecular flexibility index (Phi) is 8.12. The molecule has 1 aliphatic heterocycles. The third-order valence-electron chi connectivity index (χ3n) is 5.26. The van der Waals surface area contributed by atoms with Crippen LogP contribution >= 0.6 is 35.3 Å². The average Bonchev–Trinajstić information content (AvgIpc) is 3.23. The first-order valence-corrected chi connectivity index (χ1v) is 10.7. The molecule has 3 N–H and O–H groups in total. The van der Waals surface area contributed by atoms with E-state index in [4.69, 9.17) is 10.5 Å². The summed E-state index contributed by atoms with van der Waals surface area (Å²) in [4.78, 5) is 8.69. The van der Waals surface area contributed by atoms with Crippen molar-refractivity contribution in [2.45, 2.75) is 19.0 Å². The molecule has 3 aromatic rings. The Morgan fingerprint density at radius 3 is 2.67 bits per heavy atom. The van der Waals surface area contributed by atoms with Crippen LogP contribution in [0.1, 0.15) is 22.0 Å². The Hall–Kier alpha value is -2.10. The predicted molar refractivity (Wildman–Crippen MR) is 136 cm³/mol. The number of halogens is 1. The summed E-state index contributed by atoms with van der Waals surface area (Å²) in [5, 5.41) is 5.36. The van der Waals surface area contributed by atoms with Gasteiger partial charge in [-0.15, -0.1) is 35.3 Å². The predicted octanol–water partition coefficient (Wildman–Crippen LogP) is 4.90. The number of hydrogen-bond donors (Lipinski definition) is 2. The number of rotatable bonds is 6. The molecule has 0 bridgehead atoms. The van der Waals surface area contributed by atoms with Crippen molar-refractivity contribution < 1.29 is 4.74 Å². The second-order valence-corrected chi connectivity index (χ2v) is 8.10. The van der Waals surface area contributed by atoms with E-state index in [0.717, 1.165) is 30.9 Å². The first kappa shape index (κ1) is 22.6. The lowest BCUT2D eigenvalue weighted by Crippen LogP contribution is -2.35. The van der Waals surface area contributed by atoms with E-state index in [2.05, 4.69) is 57.0 Å². The zero-order chi connectivity index (χ0) is 20.1. The molecule has 1 atom stereocenters. The van der Waals surface area contributed by atoms with Crippen molar-refractivity contribution in [3.63, 3.8) is 0 Å². The van der Waals surface area contributed by atoms with Crippen molar-refractivity contribution in [3.05, 3.63) is 82.0 Å². The molecule has 4 rings (SSSR count). The first-order valence-electron chi connectivity index (χ1n) is 9.78. The molecule has 0 amide bonds. The smallest absolute Gasteiger partial charge is 0.193 e. The summed E-state index contributed by atoms with van der Waals surface area (Å²) in [5.41, 5.74) is 9.79. The minimum atomic E-state index is 0. The number of nitrogens with zero attached hydrogens (tertiary/aromatic N) is 2. The Morgan fingerprint density at radius 2 is 1.93 bits per heavy atom. The molecule has 1 aromatic heterocycles. The summed E-state index contributed by atoms with van der Waals surface area (Å²) in [6.45, 7) is 2.60. The number of nitrogens with two attached hydrogens (primary N) is 1. The van der Waals surface area contributed by atoms with Crippen LogP contribution in [0.25, 0.3) is 0 Å². The molecule has 158 valence electrons. The average molecular weight is 534 g/mol. The van der Waals surface area contributed by atoms with Crippen LogP contribution in [-0.4, -0.2) is 31.1 Å². The van der Waals surface area contributed by atoms with Crippen LogP contribution in [0.15, 0.2) is 71.0 Å². The zero-order valence-corrected chi connectivity index (χ0v) is 20.1. The third kappa shape index (κ3) is 5.53. The van der Waals surface area contributed by atoms with E-state index in [-0.39, 0.29) is 30.0 Å². The number of thiophene rings is 1. The van der Waals surface area contributed by atoms with Crippen LogP contribution in [-0.2, 0) is 13.0 Å². The van der Waals surface area contributed by atoms with E-state index >= 15 is 0 Å². The van der Waals surface area contributed by atoms with Gasteiger partial charge in [0.2, 0.25) is 0 Å². The Labute approximate surface area is 199 Å². The van der Waals surface area contributed by atoms with Gasteiger partial charge in [-0.25, -0.2) is 0 Å². The Bertz CT molecular complexity index is 959.